The highest BCUT2D eigenvalue weighted by Crippen LogP contribution is 2.26. The molecule has 0 aliphatic heterocycles. The van der Waals surface area contributed by atoms with Gasteiger partial charge in [0.05, 0.1) is 11.4 Å². The Bertz CT molecular complexity index is 1740. The van der Waals surface area contributed by atoms with Crippen molar-refractivity contribution in [2.75, 3.05) is 13.6 Å². The summed E-state index contributed by atoms with van der Waals surface area (Å²) in [7, 11) is -2.65. The minimum atomic E-state index is -4.03. The van der Waals surface area contributed by atoms with Gasteiger partial charge in [-0.25, -0.2) is 8.42 Å². The van der Waals surface area contributed by atoms with Crippen LogP contribution in [0.2, 0.25) is 10.0 Å². The van der Waals surface area contributed by atoms with Crippen LogP contribution in [-0.4, -0.2) is 55.1 Å². The van der Waals surface area contributed by atoms with Gasteiger partial charge in [-0.1, -0.05) is 103 Å². The summed E-state index contributed by atoms with van der Waals surface area (Å²) in [6, 6.07) is 25.9. The topological polar surface area (TPSA) is 86.8 Å². The zero-order chi connectivity index (χ0) is 31.3. The third-order valence-electron chi connectivity index (χ3n) is 8.12. The average Bonchev–Trinajstić information content (AvgIpc) is 3.53. The van der Waals surface area contributed by atoms with Crippen LogP contribution in [0.3, 0.4) is 0 Å². The van der Waals surface area contributed by atoms with Gasteiger partial charge >= 0.3 is 0 Å². The standard InChI is InChI=1S/C34H35Cl2N3O4S/c1-38(44(42,43)30-18-16-25-11-5-6-12-26(25)20-30)23-33(40)39(22-27-15-17-28(35)21-31(27)36)32(19-24-9-3-2-4-10-24)34(41)37-29-13-7-8-14-29/h2-6,9-12,15-18,20-21,29,32H,7-8,13-14,19,22-23H2,1H3,(H,37,41)/t32-/m0/s1. The van der Waals surface area contributed by atoms with Gasteiger partial charge in [0.2, 0.25) is 21.8 Å². The molecule has 0 radical (unpaired) electrons. The second-order valence-electron chi connectivity index (χ2n) is 11.2. The van der Waals surface area contributed by atoms with Crippen molar-refractivity contribution in [2.45, 2.75) is 55.6 Å². The minimum absolute atomic E-state index is 0.00567. The zero-order valence-electron chi connectivity index (χ0n) is 24.5. The van der Waals surface area contributed by atoms with E-state index in [2.05, 4.69) is 5.32 Å². The van der Waals surface area contributed by atoms with Gasteiger partial charge in [-0.05, 0) is 59.0 Å². The number of sulfonamides is 1. The first-order valence-electron chi connectivity index (χ1n) is 14.6. The van der Waals surface area contributed by atoms with Gasteiger partial charge in [0.25, 0.3) is 0 Å². The van der Waals surface area contributed by atoms with Gasteiger partial charge in [0, 0.05) is 36.1 Å². The molecule has 0 heterocycles. The van der Waals surface area contributed by atoms with Crippen molar-refractivity contribution < 1.29 is 18.0 Å². The fourth-order valence-electron chi connectivity index (χ4n) is 5.63. The van der Waals surface area contributed by atoms with Crippen molar-refractivity contribution in [2.24, 2.45) is 0 Å². The van der Waals surface area contributed by atoms with E-state index in [1.54, 1.807) is 30.3 Å². The molecule has 1 atom stereocenters. The maximum atomic E-state index is 14.2. The second kappa shape index (κ2) is 14.1. The lowest BCUT2D eigenvalue weighted by atomic mass is 10.0. The maximum absolute atomic E-state index is 14.2. The Hall–Kier alpha value is -3.43. The Morgan fingerprint density at radius 3 is 2.27 bits per heavy atom. The van der Waals surface area contributed by atoms with Crippen LogP contribution in [0.25, 0.3) is 10.8 Å². The van der Waals surface area contributed by atoms with Gasteiger partial charge in [0.1, 0.15) is 6.04 Å². The highest BCUT2D eigenvalue weighted by Gasteiger charge is 2.34. The molecule has 0 unspecified atom stereocenters. The van der Waals surface area contributed by atoms with Crippen molar-refractivity contribution in [3.8, 4) is 0 Å². The van der Waals surface area contributed by atoms with E-state index in [9.17, 15) is 18.0 Å². The summed E-state index contributed by atoms with van der Waals surface area (Å²) in [6.45, 7) is -0.476. The molecule has 1 aliphatic carbocycles. The Morgan fingerprint density at radius 2 is 1.57 bits per heavy atom. The lowest BCUT2D eigenvalue weighted by Crippen LogP contribution is -2.54. The molecule has 7 nitrogen and oxygen atoms in total. The van der Waals surface area contributed by atoms with Crippen molar-refractivity contribution in [1.82, 2.24) is 14.5 Å². The molecule has 5 rings (SSSR count). The number of nitrogens with zero attached hydrogens (tertiary/aromatic N) is 2. The summed E-state index contributed by atoms with van der Waals surface area (Å²) in [5.41, 5.74) is 1.47. The smallest absolute Gasteiger partial charge is 0.243 e. The minimum Gasteiger partial charge on any atom is -0.352 e. The number of nitrogens with one attached hydrogen (secondary N) is 1. The first-order chi connectivity index (χ1) is 21.1. The summed E-state index contributed by atoms with van der Waals surface area (Å²) in [6.07, 6.45) is 4.09. The number of hydrogen-bond donors (Lipinski definition) is 1. The third-order valence-corrected chi connectivity index (χ3v) is 10.5. The summed E-state index contributed by atoms with van der Waals surface area (Å²) in [5.74, 6) is -0.801. The van der Waals surface area contributed by atoms with Crippen LogP contribution in [0.1, 0.15) is 36.8 Å². The highest BCUT2D eigenvalue weighted by molar-refractivity contribution is 7.89. The molecule has 1 N–H and O–H groups in total. The van der Waals surface area contributed by atoms with Crippen molar-refractivity contribution >= 4 is 55.8 Å². The van der Waals surface area contributed by atoms with E-state index in [0.29, 0.717) is 15.6 Å². The molecule has 2 amide bonds. The molecule has 1 aliphatic rings. The van der Waals surface area contributed by atoms with Crippen LogP contribution in [-0.2, 0) is 32.6 Å². The Kier molecular flexibility index (Phi) is 10.3. The van der Waals surface area contributed by atoms with Crippen LogP contribution in [0, 0.1) is 0 Å². The number of fused-ring (bicyclic) bond motifs is 1. The first kappa shape index (κ1) is 32.0. The predicted molar refractivity (Wildman–Crippen MR) is 175 cm³/mol. The zero-order valence-corrected chi connectivity index (χ0v) is 26.8. The summed E-state index contributed by atoms with van der Waals surface area (Å²) < 4.78 is 28.3. The summed E-state index contributed by atoms with van der Waals surface area (Å²) >= 11 is 12.7. The Morgan fingerprint density at radius 1 is 0.886 bits per heavy atom. The molecule has 4 aromatic rings. The molecule has 44 heavy (non-hydrogen) atoms. The number of carbonyl (C=O) groups is 2. The van der Waals surface area contributed by atoms with Gasteiger partial charge in [0.15, 0.2) is 0 Å². The number of carbonyl (C=O) groups excluding carboxylic acids is 2. The van der Waals surface area contributed by atoms with Crippen LogP contribution in [0.15, 0.2) is 95.9 Å². The Balaban J connectivity index is 1.47. The summed E-state index contributed by atoms with van der Waals surface area (Å²) in [4.78, 5) is 29.6. The molecule has 0 bridgehead atoms. The van der Waals surface area contributed by atoms with E-state index in [0.717, 1.165) is 46.3 Å². The highest BCUT2D eigenvalue weighted by atomic mass is 35.5. The molecule has 0 aromatic heterocycles. The van der Waals surface area contributed by atoms with Crippen LogP contribution >= 0.6 is 23.2 Å². The van der Waals surface area contributed by atoms with E-state index in [1.807, 2.05) is 54.6 Å². The van der Waals surface area contributed by atoms with Crippen LogP contribution < -0.4 is 5.32 Å². The molecular formula is C34H35Cl2N3O4S. The predicted octanol–water partition coefficient (Wildman–Crippen LogP) is 6.47. The van der Waals surface area contributed by atoms with Gasteiger partial charge in [-0.15, -0.1) is 0 Å². The average molecular weight is 653 g/mol. The summed E-state index contributed by atoms with van der Waals surface area (Å²) in [5, 5.41) is 5.63. The number of hydrogen-bond acceptors (Lipinski definition) is 4. The van der Waals surface area contributed by atoms with E-state index in [-0.39, 0.29) is 29.8 Å². The lowest BCUT2D eigenvalue weighted by Gasteiger charge is -2.33. The number of benzene rings is 4. The van der Waals surface area contributed by atoms with Crippen molar-refractivity contribution in [1.29, 1.82) is 0 Å². The fraction of sp³-hybridized carbons (Fsp3) is 0.294. The van der Waals surface area contributed by atoms with Crippen LogP contribution in [0.4, 0.5) is 0 Å². The second-order valence-corrected chi connectivity index (χ2v) is 14.1. The maximum Gasteiger partial charge on any atom is 0.243 e. The van der Waals surface area contributed by atoms with E-state index < -0.39 is 28.5 Å². The third kappa shape index (κ3) is 7.61. The first-order valence-corrected chi connectivity index (χ1v) is 16.8. The molecule has 230 valence electrons. The van der Waals surface area contributed by atoms with Gasteiger partial charge in [-0.2, -0.15) is 4.31 Å². The van der Waals surface area contributed by atoms with E-state index >= 15 is 0 Å². The number of rotatable bonds is 11. The van der Waals surface area contributed by atoms with Gasteiger partial charge in [-0.3, -0.25) is 9.59 Å². The van der Waals surface area contributed by atoms with Crippen molar-refractivity contribution in [3.63, 3.8) is 0 Å². The molecule has 10 heteroatoms. The number of amides is 2. The Labute approximate surface area is 268 Å². The molecule has 0 spiro atoms. The molecular weight excluding hydrogens is 617 g/mol. The largest absolute Gasteiger partial charge is 0.352 e. The number of likely N-dealkylation sites (N-methyl/N-ethyl adjacent to an activating group) is 1. The molecule has 4 aromatic carbocycles. The monoisotopic (exact) mass is 651 g/mol. The normalized spacial score (nSPS) is 14.5. The molecule has 0 saturated heterocycles. The SMILES string of the molecule is CN(CC(=O)N(Cc1ccc(Cl)cc1Cl)[C@@H](Cc1ccccc1)C(=O)NC1CCCC1)S(=O)(=O)c1ccc2ccccc2c1. The van der Waals surface area contributed by atoms with Gasteiger partial charge < -0.3 is 10.2 Å². The molecule has 1 fully saturated rings. The fourth-order valence-corrected chi connectivity index (χ4v) is 7.25. The van der Waals surface area contributed by atoms with E-state index in [1.165, 1.54) is 18.0 Å². The van der Waals surface area contributed by atoms with Crippen molar-refractivity contribution in [3.05, 3.63) is 112 Å². The number of halogens is 2. The van der Waals surface area contributed by atoms with Crippen LogP contribution in [0.5, 0.6) is 0 Å². The molecule has 1 saturated carbocycles. The lowest BCUT2D eigenvalue weighted by molar-refractivity contribution is -0.141. The van der Waals surface area contributed by atoms with E-state index in [4.69, 9.17) is 23.2 Å². The quantitative estimate of drug-likeness (QED) is 0.201.